The minimum absolute atomic E-state index is 0.0698. The molecule has 2 rings (SSSR count). The van der Waals surface area contributed by atoms with Crippen molar-refractivity contribution in [1.82, 2.24) is 0 Å². The van der Waals surface area contributed by atoms with Gasteiger partial charge in [0.2, 0.25) is 0 Å². The molecule has 1 aliphatic rings. The minimum atomic E-state index is -1.18. The first-order chi connectivity index (χ1) is 9.99. The number of aliphatic hydroxyl groups is 1. The molecule has 1 N–H and O–H groups in total. The zero-order valence-corrected chi connectivity index (χ0v) is 13.2. The summed E-state index contributed by atoms with van der Waals surface area (Å²) in [6.07, 6.45) is 1.93. The van der Waals surface area contributed by atoms with Gasteiger partial charge in [-0.05, 0) is 36.2 Å². The Morgan fingerprint density at radius 3 is 2.52 bits per heavy atom. The molecule has 116 valence electrons. The van der Waals surface area contributed by atoms with E-state index >= 15 is 0 Å². The van der Waals surface area contributed by atoms with Crippen LogP contribution in [-0.2, 0) is 9.53 Å². The quantitative estimate of drug-likeness (QED) is 0.860. The first kappa shape index (κ1) is 16.0. The molecule has 3 nitrogen and oxygen atoms in total. The van der Waals surface area contributed by atoms with Crippen molar-refractivity contribution >= 4 is 5.97 Å². The van der Waals surface area contributed by atoms with Crippen molar-refractivity contribution in [3.05, 3.63) is 35.9 Å². The van der Waals surface area contributed by atoms with Crippen LogP contribution in [0.15, 0.2) is 30.3 Å². The summed E-state index contributed by atoms with van der Waals surface area (Å²) in [5.41, 5.74) is 0.590. The van der Waals surface area contributed by atoms with Crippen LogP contribution >= 0.6 is 0 Å². The highest BCUT2D eigenvalue weighted by Gasteiger charge is 2.34. The van der Waals surface area contributed by atoms with Crippen molar-refractivity contribution in [1.29, 1.82) is 0 Å². The fourth-order valence-corrected chi connectivity index (χ4v) is 3.24. The second-order valence-electron chi connectivity index (χ2n) is 6.61. The number of carbonyl (C=O) groups excluding carboxylic acids is 1. The lowest BCUT2D eigenvalue weighted by molar-refractivity contribution is -0.166. The van der Waals surface area contributed by atoms with Gasteiger partial charge in [-0.1, -0.05) is 57.5 Å². The van der Waals surface area contributed by atoms with Crippen LogP contribution in [0.2, 0.25) is 0 Å². The summed E-state index contributed by atoms with van der Waals surface area (Å²) >= 11 is 0. The van der Waals surface area contributed by atoms with E-state index in [2.05, 4.69) is 20.8 Å². The fraction of sp³-hybridized carbons (Fsp3) is 0.611. The van der Waals surface area contributed by atoms with Crippen molar-refractivity contribution in [3.8, 4) is 0 Å². The van der Waals surface area contributed by atoms with Crippen LogP contribution in [0, 0.1) is 17.8 Å². The Bertz CT molecular complexity index is 455. The number of carbonyl (C=O) groups is 1. The number of hydrogen-bond acceptors (Lipinski definition) is 3. The van der Waals surface area contributed by atoms with Crippen LogP contribution in [-0.4, -0.2) is 17.2 Å². The molecule has 1 saturated carbocycles. The van der Waals surface area contributed by atoms with Gasteiger partial charge in [0.1, 0.15) is 6.10 Å². The zero-order chi connectivity index (χ0) is 15.4. The standard InChI is InChI=1S/C18H26O3/c1-12(2)15-10-9-13(3)11-16(15)21-18(20)17(19)14-7-5-4-6-8-14/h4-8,12-13,15-17,19H,9-11H2,1-3H3/t13?,15?,16?,17-/m0/s1. The monoisotopic (exact) mass is 290 g/mol. The Kier molecular flexibility index (Phi) is 5.40. The summed E-state index contributed by atoms with van der Waals surface area (Å²) in [7, 11) is 0. The highest BCUT2D eigenvalue weighted by Crippen LogP contribution is 2.36. The lowest BCUT2D eigenvalue weighted by atomic mass is 9.75. The van der Waals surface area contributed by atoms with E-state index in [1.807, 2.05) is 18.2 Å². The number of hydrogen-bond donors (Lipinski definition) is 1. The Morgan fingerprint density at radius 2 is 1.90 bits per heavy atom. The van der Waals surface area contributed by atoms with E-state index in [-0.39, 0.29) is 6.10 Å². The first-order valence-electron chi connectivity index (χ1n) is 7.92. The maximum Gasteiger partial charge on any atom is 0.339 e. The van der Waals surface area contributed by atoms with Crippen LogP contribution < -0.4 is 0 Å². The maximum absolute atomic E-state index is 12.2. The molecule has 0 aliphatic heterocycles. The highest BCUT2D eigenvalue weighted by molar-refractivity contribution is 5.76. The van der Waals surface area contributed by atoms with E-state index in [1.165, 1.54) is 6.42 Å². The van der Waals surface area contributed by atoms with Gasteiger partial charge < -0.3 is 9.84 Å². The normalized spacial score (nSPS) is 27.4. The molecule has 3 heteroatoms. The summed E-state index contributed by atoms with van der Waals surface area (Å²) in [5.74, 6) is 0.940. The molecule has 1 aromatic rings. The SMILES string of the molecule is CC1CCC(C(C)C)C(OC(=O)[C@@H](O)c2ccccc2)C1. The van der Waals surface area contributed by atoms with Gasteiger partial charge in [-0.25, -0.2) is 4.79 Å². The maximum atomic E-state index is 12.2. The lowest BCUT2D eigenvalue weighted by Gasteiger charge is -2.37. The minimum Gasteiger partial charge on any atom is -0.460 e. The number of benzene rings is 1. The van der Waals surface area contributed by atoms with Gasteiger partial charge in [-0.15, -0.1) is 0 Å². The average molecular weight is 290 g/mol. The molecule has 0 spiro atoms. The first-order valence-corrected chi connectivity index (χ1v) is 7.92. The van der Waals surface area contributed by atoms with Crippen LogP contribution in [0.4, 0.5) is 0 Å². The summed E-state index contributed by atoms with van der Waals surface area (Å²) < 4.78 is 5.66. The second kappa shape index (κ2) is 7.08. The van der Waals surface area contributed by atoms with Crippen molar-refractivity contribution in [2.24, 2.45) is 17.8 Å². The van der Waals surface area contributed by atoms with E-state index in [0.29, 0.717) is 23.3 Å². The predicted molar refractivity (Wildman–Crippen MR) is 82.6 cm³/mol. The molecule has 0 amide bonds. The van der Waals surface area contributed by atoms with Crippen LogP contribution in [0.1, 0.15) is 51.7 Å². The summed E-state index contributed by atoms with van der Waals surface area (Å²) in [6, 6.07) is 8.97. The molecule has 3 unspecified atom stereocenters. The average Bonchev–Trinajstić information content (AvgIpc) is 2.47. The molecule has 1 fully saturated rings. The largest absolute Gasteiger partial charge is 0.460 e. The van der Waals surface area contributed by atoms with Gasteiger partial charge in [-0.3, -0.25) is 0 Å². The third kappa shape index (κ3) is 4.07. The predicted octanol–water partition coefficient (Wildman–Crippen LogP) is 3.72. The molecule has 4 atom stereocenters. The molecule has 1 aromatic carbocycles. The highest BCUT2D eigenvalue weighted by atomic mass is 16.6. The summed E-state index contributed by atoms with van der Waals surface area (Å²) in [5, 5.41) is 10.1. The number of aliphatic hydroxyl groups excluding tert-OH is 1. The van der Waals surface area contributed by atoms with Crippen molar-refractivity contribution in [3.63, 3.8) is 0 Å². The van der Waals surface area contributed by atoms with Gasteiger partial charge in [0.25, 0.3) is 0 Å². The van der Waals surface area contributed by atoms with E-state index in [1.54, 1.807) is 12.1 Å². The molecule has 0 saturated heterocycles. The summed E-state index contributed by atoms with van der Waals surface area (Å²) in [6.45, 7) is 6.55. The van der Waals surface area contributed by atoms with Crippen LogP contribution in [0.3, 0.4) is 0 Å². The number of ether oxygens (including phenoxy) is 1. The van der Waals surface area contributed by atoms with Gasteiger partial charge in [0.15, 0.2) is 6.10 Å². The molecule has 0 aromatic heterocycles. The Labute approximate surface area is 127 Å². The molecule has 0 heterocycles. The third-order valence-corrected chi connectivity index (χ3v) is 4.57. The molecular formula is C18H26O3. The van der Waals surface area contributed by atoms with Crippen molar-refractivity contribution < 1.29 is 14.6 Å². The van der Waals surface area contributed by atoms with Gasteiger partial charge in [-0.2, -0.15) is 0 Å². The van der Waals surface area contributed by atoms with E-state index in [9.17, 15) is 9.90 Å². The number of esters is 1. The van der Waals surface area contributed by atoms with E-state index in [4.69, 9.17) is 4.74 Å². The zero-order valence-electron chi connectivity index (χ0n) is 13.2. The molecule has 1 aliphatic carbocycles. The molecule has 0 bridgehead atoms. The fourth-order valence-electron chi connectivity index (χ4n) is 3.24. The van der Waals surface area contributed by atoms with Crippen LogP contribution in [0.25, 0.3) is 0 Å². The molecule has 0 radical (unpaired) electrons. The Balaban J connectivity index is 2.02. The number of rotatable bonds is 4. The smallest absolute Gasteiger partial charge is 0.339 e. The van der Waals surface area contributed by atoms with Gasteiger partial charge >= 0.3 is 5.97 Å². The van der Waals surface area contributed by atoms with Gasteiger partial charge in [0, 0.05) is 0 Å². The third-order valence-electron chi connectivity index (χ3n) is 4.57. The Hall–Kier alpha value is -1.35. The van der Waals surface area contributed by atoms with Crippen molar-refractivity contribution in [2.45, 2.75) is 52.2 Å². The summed E-state index contributed by atoms with van der Waals surface area (Å²) in [4.78, 5) is 12.2. The molecular weight excluding hydrogens is 264 g/mol. The topological polar surface area (TPSA) is 46.5 Å². The Morgan fingerprint density at radius 1 is 1.24 bits per heavy atom. The molecule has 21 heavy (non-hydrogen) atoms. The van der Waals surface area contributed by atoms with E-state index in [0.717, 1.165) is 12.8 Å². The van der Waals surface area contributed by atoms with Crippen molar-refractivity contribution in [2.75, 3.05) is 0 Å². The van der Waals surface area contributed by atoms with Crippen LogP contribution in [0.5, 0.6) is 0 Å². The van der Waals surface area contributed by atoms with Gasteiger partial charge in [0.05, 0.1) is 0 Å². The lowest BCUT2D eigenvalue weighted by Crippen LogP contribution is -2.37. The van der Waals surface area contributed by atoms with E-state index < -0.39 is 12.1 Å². The second-order valence-corrected chi connectivity index (χ2v) is 6.61.